The van der Waals surface area contributed by atoms with Crippen LogP contribution >= 0.6 is 0 Å². The average Bonchev–Trinajstić information content (AvgIpc) is 3.21. The van der Waals surface area contributed by atoms with Gasteiger partial charge < -0.3 is 10.1 Å². The number of ether oxygens (including phenoxy) is 1. The Hall–Kier alpha value is -2.39. The summed E-state index contributed by atoms with van der Waals surface area (Å²) in [5.74, 6) is 0.989. The van der Waals surface area contributed by atoms with Gasteiger partial charge in [0.1, 0.15) is 11.9 Å². The number of rotatable bonds is 5. The summed E-state index contributed by atoms with van der Waals surface area (Å²) in [7, 11) is 0. The fourth-order valence-electron chi connectivity index (χ4n) is 2.77. The molecule has 3 rings (SSSR count). The van der Waals surface area contributed by atoms with Crippen LogP contribution in [-0.4, -0.2) is 27.9 Å². The van der Waals surface area contributed by atoms with Crippen molar-refractivity contribution in [2.45, 2.75) is 26.0 Å². The van der Waals surface area contributed by atoms with E-state index in [1.165, 1.54) is 0 Å². The van der Waals surface area contributed by atoms with Gasteiger partial charge in [-0.05, 0) is 25.5 Å². The van der Waals surface area contributed by atoms with E-state index >= 15 is 0 Å². The lowest BCUT2D eigenvalue weighted by molar-refractivity contribution is 0.0932. The summed E-state index contributed by atoms with van der Waals surface area (Å²) < 4.78 is 7.79. The molecule has 0 saturated carbocycles. The van der Waals surface area contributed by atoms with Crippen LogP contribution in [0.25, 0.3) is 0 Å². The van der Waals surface area contributed by atoms with Crippen molar-refractivity contribution in [2.24, 2.45) is 5.92 Å². The second-order valence-electron chi connectivity index (χ2n) is 5.36. The Bertz CT molecular complexity index is 675. The highest BCUT2D eigenvalue weighted by Crippen LogP contribution is 2.34. The molecule has 0 radical (unpaired) electrons. The standard InChI is InChI=1S/C16H19N5O/c1-2-21-11-14(10-20-21)15-13(5-7-22-15)9-19-16-12(8-17)4-3-6-18-16/h3-4,6,10-11,13,15H,2,5,7,9H2,1H3,(H,18,19)/t13-,15+/m0/s1. The summed E-state index contributed by atoms with van der Waals surface area (Å²) in [5.41, 5.74) is 1.68. The summed E-state index contributed by atoms with van der Waals surface area (Å²) >= 11 is 0. The van der Waals surface area contributed by atoms with E-state index in [9.17, 15) is 0 Å². The van der Waals surface area contributed by atoms with Crippen molar-refractivity contribution in [1.29, 1.82) is 5.26 Å². The van der Waals surface area contributed by atoms with Gasteiger partial charge in [0, 0.05) is 43.6 Å². The van der Waals surface area contributed by atoms with Gasteiger partial charge in [0.2, 0.25) is 0 Å². The number of nitrogens with one attached hydrogen (secondary N) is 1. The third-order valence-electron chi connectivity index (χ3n) is 3.98. The van der Waals surface area contributed by atoms with Crippen LogP contribution in [0, 0.1) is 17.2 Å². The number of anilines is 1. The summed E-state index contributed by atoms with van der Waals surface area (Å²) in [6.07, 6.45) is 6.67. The Morgan fingerprint density at radius 2 is 2.45 bits per heavy atom. The number of aromatic nitrogens is 3. The molecule has 1 N–H and O–H groups in total. The average molecular weight is 297 g/mol. The van der Waals surface area contributed by atoms with Gasteiger partial charge in [0.15, 0.2) is 0 Å². The molecule has 2 aromatic heterocycles. The van der Waals surface area contributed by atoms with Crippen LogP contribution in [0.3, 0.4) is 0 Å². The quantitative estimate of drug-likeness (QED) is 0.917. The van der Waals surface area contributed by atoms with Crippen LogP contribution in [0.1, 0.15) is 30.6 Å². The molecule has 1 aliphatic heterocycles. The molecule has 22 heavy (non-hydrogen) atoms. The molecule has 0 amide bonds. The smallest absolute Gasteiger partial charge is 0.143 e. The lowest BCUT2D eigenvalue weighted by Crippen LogP contribution is -2.18. The van der Waals surface area contributed by atoms with Crippen LogP contribution in [-0.2, 0) is 11.3 Å². The molecule has 114 valence electrons. The lowest BCUT2D eigenvalue weighted by atomic mass is 9.97. The van der Waals surface area contributed by atoms with E-state index in [1.807, 2.05) is 17.1 Å². The van der Waals surface area contributed by atoms with E-state index in [0.29, 0.717) is 17.3 Å². The molecule has 3 heterocycles. The second-order valence-corrected chi connectivity index (χ2v) is 5.36. The Kier molecular flexibility index (Phi) is 4.35. The van der Waals surface area contributed by atoms with Crippen LogP contribution in [0.5, 0.6) is 0 Å². The molecule has 1 saturated heterocycles. The van der Waals surface area contributed by atoms with Crippen molar-refractivity contribution in [3.8, 4) is 6.07 Å². The Balaban J connectivity index is 1.68. The lowest BCUT2D eigenvalue weighted by Gasteiger charge is -2.18. The zero-order valence-corrected chi connectivity index (χ0v) is 12.6. The summed E-state index contributed by atoms with van der Waals surface area (Å²) in [4.78, 5) is 4.23. The molecule has 6 nitrogen and oxygen atoms in total. The second kappa shape index (κ2) is 6.58. The van der Waals surface area contributed by atoms with Crippen LogP contribution < -0.4 is 5.32 Å². The van der Waals surface area contributed by atoms with Gasteiger partial charge in [-0.25, -0.2) is 4.98 Å². The van der Waals surface area contributed by atoms with Gasteiger partial charge in [-0.15, -0.1) is 0 Å². The summed E-state index contributed by atoms with van der Waals surface area (Å²) in [6, 6.07) is 5.69. The molecule has 6 heteroatoms. The zero-order chi connectivity index (χ0) is 15.4. The molecule has 2 aromatic rings. The van der Waals surface area contributed by atoms with Crippen molar-refractivity contribution in [3.63, 3.8) is 0 Å². The van der Waals surface area contributed by atoms with Crippen molar-refractivity contribution >= 4 is 5.82 Å². The molecule has 0 aromatic carbocycles. The van der Waals surface area contributed by atoms with E-state index in [1.54, 1.807) is 18.3 Å². The normalized spacial score (nSPS) is 20.7. The molecule has 2 atom stereocenters. The van der Waals surface area contributed by atoms with Crippen LogP contribution in [0.15, 0.2) is 30.7 Å². The molecule has 0 aliphatic carbocycles. The summed E-state index contributed by atoms with van der Waals surface area (Å²) in [5, 5.41) is 16.7. The van der Waals surface area contributed by atoms with E-state index in [2.05, 4.69) is 28.4 Å². The predicted octanol–water partition coefficient (Wildman–Crippen LogP) is 2.36. The maximum atomic E-state index is 9.10. The topological polar surface area (TPSA) is 75.8 Å². The fraction of sp³-hybridized carbons (Fsp3) is 0.438. The third kappa shape index (κ3) is 2.95. The van der Waals surface area contributed by atoms with Gasteiger partial charge in [-0.3, -0.25) is 4.68 Å². The maximum Gasteiger partial charge on any atom is 0.143 e. The van der Waals surface area contributed by atoms with Gasteiger partial charge in [0.25, 0.3) is 0 Å². The Morgan fingerprint density at radius 1 is 1.55 bits per heavy atom. The number of nitriles is 1. The highest BCUT2D eigenvalue weighted by molar-refractivity contribution is 5.51. The zero-order valence-electron chi connectivity index (χ0n) is 12.6. The first-order valence-electron chi connectivity index (χ1n) is 7.54. The maximum absolute atomic E-state index is 9.10. The molecular formula is C16H19N5O. The van der Waals surface area contributed by atoms with Gasteiger partial charge >= 0.3 is 0 Å². The molecular weight excluding hydrogens is 278 g/mol. The highest BCUT2D eigenvalue weighted by Gasteiger charge is 2.30. The van der Waals surface area contributed by atoms with Gasteiger partial charge in [-0.2, -0.15) is 10.4 Å². The minimum absolute atomic E-state index is 0.0575. The SMILES string of the molecule is CCn1cc([C@@H]2OCC[C@H]2CNc2ncccc2C#N)cn1. The van der Waals surface area contributed by atoms with Crippen LogP contribution in [0.4, 0.5) is 5.82 Å². The van der Waals surface area contributed by atoms with Crippen molar-refractivity contribution in [3.05, 3.63) is 41.9 Å². The predicted molar refractivity (Wildman–Crippen MR) is 82.1 cm³/mol. The van der Waals surface area contributed by atoms with Crippen molar-refractivity contribution in [1.82, 2.24) is 14.8 Å². The van der Waals surface area contributed by atoms with E-state index < -0.39 is 0 Å². The largest absolute Gasteiger partial charge is 0.373 e. The van der Waals surface area contributed by atoms with E-state index in [4.69, 9.17) is 10.00 Å². The minimum Gasteiger partial charge on any atom is -0.373 e. The number of pyridine rings is 1. The molecule has 0 bridgehead atoms. The first-order valence-corrected chi connectivity index (χ1v) is 7.54. The Morgan fingerprint density at radius 3 is 3.23 bits per heavy atom. The Labute approximate surface area is 129 Å². The van der Waals surface area contributed by atoms with E-state index in [0.717, 1.165) is 31.7 Å². The molecule has 0 unspecified atom stereocenters. The first-order chi connectivity index (χ1) is 10.8. The van der Waals surface area contributed by atoms with Crippen molar-refractivity contribution < 1.29 is 4.74 Å². The highest BCUT2D eigenvalue weighted by atomic mass is 16.5. The minimum atomic E-state index is 0.0575. The monoisotopic (exact) mass is 297 g/mol. The number of nitrogens with zero attached hydrogens (tertiary/aromatic N) is 4. The van der Waals surface area contributed by atoms with Gasteiger partial charge in [0.05, 0.1) is 17.9 Å². The number of hydrogen-bond donors (Lipinski definition) is 1. The fourth-order valence-corrected chi connectivity index (χ4v) is 2.77. The molecule has 0 spiro atoms. The third-order valence-corrected chi connectivity index (χ3v) is 3.98. The number of aryl methyl sites for hydroxylation is 1. The van der Waals surface area contributed by atoms with Crippen molar-refractivity contribution in [2.75, 3.05) is 18.5 Å². The van der Waals surface area contributed by atoms with Crippen LogP contribution in [0.2, 0.25) is 0 Å². The molecule has 1 fully saturated rings. The van der Waals surface area contributed by atoms with Gasteiger partial charge in [-0.1, -0.05) is 0 Å². The van der Waals surface area contributed by atoms with E-state index in [-0.39, 0.29) is 6.10 Å². The first kappa shape index (κ1) is 14.5. The number of hydrogen-bond acceptors (Lipinski definition) is 5. The summed E-state index contributed by atoms with van der Waals surface area (Å²) in [6.45, 7) is 4.40. The molecule has 1 aliphatic rings.